The van der Waals surface area contributed by atoms with E-state index in [1.165, 1.54) is 0 Å². The Hall–Kier alpha value is -1.69. The van der Waals surface area contributed by atoms with Crippen molar-refractivity contribution in [2.24, 2.45) is 0 Å². The lowest BCUT2D eigenvalue weighted by molar-refractivity contribution is 0.674. The van der Waals surface area contributed by atoms with Crippen LogP contribution in [0.25, 0.3) is 11.4 Å². The maximum absolute atomic E-state index is 11.9. The van der Waals surface area contributed by atoms with E-state index in [0.717, 1.165) is 18.7 Å². The topological polar surface area (TPSA) is 66.5 Å². The fourth-order valence-corrected chi connectivity index (χ4v) is 1.93. The third kappa shape index (κ3) is 2.21. The summed E-state index contributed by atoms with van der Waals surface area (Å²) in [7, 11) is 0. The zero-order valence-electron chi connectivity index (χ0n) is 9.78. The molecule has 0 spiro atoms. The fourth-order valence-electron chi connectivity index (χ4n) is 1.70. The molecule has 0 aliphatic heterocycles. The zero-order chi connectivity index (χ0) is 12.4. The summed E-state index contributed by atoms with van der Waals surface area (Å²) in [4.78, 5) is 14.9. The molecule has 0 fully saturated rings. The van der Waals surface area contributed by atoms with E-state index in [2.05, 4.69) is 22.1 Å². The van der Waals surface area contributed by atoms with Gasteiger partial charge in [0.15, 0.2) is 16.0 Å². The van der Waals surface area contributed by atoms with Crippen LogP contribution in [0.4, 0.5) is 0 Å². The number of hydrogen-bond acceptors (Lipinski definition) is 3. The van der Waals surface area contributed by atoms with E-state index >= 15 is 0 Å². The Morgan fingerprint density at radius 1 is 1.53 bits per heavy atom. The van der Waals surface area contributed by atoms with Gasteiger partial charge in [0.2, 0.25) is 0 Å². The Balaban J connectivity index is 2.60. The highest BCUT2D eigenvalue weighted by Gasteiger charge is 2.11. The van der Waals surface area contributed by atoms with Crippen molar-refractivity contribution in [2.45, 2.75) is 26.8 Å². The first-order chi connectivity index (χ1) is 8.13. The number of nitrogens with one attached hydrogen (secondary N) is 2. The number of pyridine rings is 1. The van der Waals surface area contributed by atoms with Crippen molar-refractivity contribution in [3.63, 3.8) is 0 Å². The van der Waals surface area contributed by atoms with Gasteiger partial charge < -0.3 is 9.55 Å². The van der Waals surface area contributed by atoms with E-state index in [0.29, 0.717) is 16.2 Å². The van der Waals surface area contributed by atoms with E-state index in [1.807, 2.05) is 11.5 Å². The molecule has 0 unspecified atom stereocenters. The Morgan fingerprint density at radius 2 is 2.29 bits per heavy atom. The number of aromatic nitrogens is 4. The second-order valence-corrected chi connectivity index (χ2v) is 4.28. The molecule has 0 aliphatic rings. The third-order valence-corrected chi connectivity index (χ3v) is 2.82. The summed E-state index contributed by atoms with van der Waals surface area (Å²) >= 11 is 5.14. The van der Waals surface area contributed by atoms with Gasteiger partial charge in [-0.15, -0.1) is 0 Å². The number of aryl methyl sites for hydroxylation is 1. The van der Waals surface area contributed by atoms with Gasteiger partial charge in [-0.3, -0.25) is 9.89 Å². The first-order valence-corrected chi connectivity index (χ1v) is 5.89. The molecule has 2 aromatic rings. The van der Waals surface area contributed by atoms with Crippen molar-refractivity contribution >= 4 is 12.2 Å². The standard InChI is InChI=1S/C11H14N4OS/c1-3-4-15-10(13-14-11(15)17)8-6-12-7(2)5-9(8)16/h5-6H,3-4H2,1-2H3,(H,12,16)(H,14,17). The highest BCUT2D eigenvalue weighted by molar-refractivity contribution is 7.71. The molecular formula is C11H14N4OS. The van der Waals surface area contributed by atoms with Gasteiger partial charge in [-0.2, -0.15) is 5.10 Å². The summed E-state index contributed by atoms with van der Waals surface area (Å²) < 4.78 is 2.39. The average Bonchev–Trinajstić information content (AvgIpc) is 2.62. The molecule has 6 heteroatoms. The third-order valence-electron chi connectivity index (χ3n) is 2.50. The molecule has 0 saturated carbocycles. The predicted molar refractivity (Wildman–Crippen MR) is 68.5 cm³/mol. The van der Waals surface area contributed by atoms with Gasteiger partial charge in [0.1, 0.15) is 0 Å². The van der Waals surface area contributed by atoms with Crippen molar-refractivity contribution in [2.75, 3.05) is 0 Å². The maximum Gasteiger partial charge on any atom is 0.195 e. The van der Waals surface area contributed by atoms with Crippen molar-refractivity contribution < 1.29 is 0 Å². The molecule has 2 rings (SSSR count). The molecule has 2 aromatic heterocycles. The van der Waals surface area contributed by atoms with Gasteiger partial charge >= 0.3 is 0 Å². The molecule has 0 bridgehead atoms. The van der Waals surface area contributed by atoms with Crippen molar-refractivity contribution in [1.29, 1.82) is 0 Å². The van der Waals surface area contributed by atoms with Crippen LogP contribution in [0, 0.1) is 11.7 Å². The van der Waals surface area contributed by atoms with Gasteiger partial charge in [-0.05, 0) is 25.6 Å². The second kappa shape index (κ2) is 4.67. The van der Waals surface area contributed by atoms with Crippen LogP contribution in [0.3, 0.4) is 0 Å². The second-order valence-electron chi connectivity index (χ2n) is 3.90. The first-order valence-electron chi connectivity index (χ1n) is 5.48. The number of aromatic amines is 2. The molecule has 0 aromatic carbocycles. The van der Waals surface area contributed by atoms with Gasteiger partial charge in [0.05, 0.1) is 5.56 Å². The van der Waals surface area contributed by atoms with Crippen molar-refractivity contribution in [1.82, 2.24) is 19.7 Å². The zero-order valence-corrected chi connectivity index (χ0v) is 10.6. The molecule has 2 N–H and O–H groups in total. The molecule has 0 saturated heterocycles. The largest absolute Gasteiger partial charge is 0.364 e. The lowest BCUT2D eigenvalue weighted by Crippen LogP contribution is -2.10. The molecule has 90 valence electrons. The lowest BCUT2D eigenvalue weighted by atomic mass is 10.2. The molecule has 2 heterocycles. The van der Waals surface area contributed by atoms with Crippen LogP contribution in [0.1, 0.15) is 19.0 Å². The molecule has 17 heavy (non-hydrogen) atoms. The van der Waals surface area contributed by atoms with E-state index in [9.17, 15) is 4.79 Å². The number of H-pyrrole nitrogens is 2. The van der Waals surface area contributed by atoms with Crippen LogP contribution in [0.5, 0.6) is 0 Å². The van der Waals surface area contributed by atoms with Crippen LogP contribution < -0.4 is 5.43 Å². The minimum absolute atomic E-state index is 0.0485. The number of hydrogen-bond donors (Lipinski definition) is 2. The van der Waals surface area contributed by atoms with Crippen LogP contribution in [0.2, 0.25) is 0 Å². The van der Waals surface area contributed by atoms with E-state index in [1.54, 1.807) is 12.3 Å². The lowest BCUT2D eigenvalue weighted by Gasteiger charge is -2.04. The summed E-state index contributed by atoms with van der Waals surface area (Å²) in [6.45, 7) is 4.64. The quantitative estimate of drug-likeness (QED) is 0.819. The minimum atomic E-state index is -0.0485. The van der Waals surface area contributed by atoms with Crippen LogP contribution in [-0.4, -0.2) is 19.7 Å². The monoisotopic (exact) mass is 250 g/mol. The van der Waals surface area contributed by atoms with Crippen LogP contribution in [-0.2, 0) is 6.54 Å². The van der Waals surface area contributed by atoms with Gasteiger partial charge in [0.25, 0.3) is 0 Å². The van der Waals surface area contributed by atoms with Gasteiger partial charge in [0, 0.05) is 24.5 Å². The fraction of sp³-hybridized carbons (Fsp3) is 0.364. The number of rotatable bonds is 3. The summed E-state index contributed by atoms with van der Waals surface area (Å²) in [6, 6.07) is 1.56. The van der Waals surface area contributed by atoms with E-state index in [-0.39, 0.29) is 5.43 Å². The minimum Gasteiger partial charge on any atom is -0.364 e. The Morgan fingerprint density at radius 3 is 2.94 bits per heavy atom. The summed E-state index contributed by atoms with van der Waals surface area (Å²) in [6.07, 6.45) is 2.61. The smallest absolute Gasteiger partial charge is 0.195 e. The summed E-state index contributed by atoms with van der Waals surface area (Å²) in [5, 5.41) is 6.85. The Labute approximate surface area is 104 Å². The Kier molecular flexibility index (Phi) is 3.23. The molecule has 0 atom stereocenters. The maximum atomic E-state index is 11.9. The van der Waals surface area contributed by atoms with Crippen LogP contribution >= 0.6 is 12.2 Å². The highest BCUT2D eigenvalue weighted by atomic mass is 32.1. The van der Waals surface area contributed by atoms with Crippen LogP contribution in [0.15, 0.2) is 17.1 Å². The van der Waals surface area contributed by atoms with Gasteiger partial charge in [-0.1, -0.05) is 6.92 Å². The molecule has 5 nitrogen and oxygen atoms in total. The van der Waals surface area contributed by atoms with E-state index in [4.69, 9.17) is 12.2 Å². The first kappa shape index (κ1) is 11.8. The average molecular weight is 250 g/mol. The summed E-state index contributed by atoms with van der Waals surface area (Å²) in [5.41, 5.74) is 1.32. The molecule has 0 aliphatic carbocycles. The predicted octanol–water partition coefficient (Wildman–Crippen LogP) is 2.01. The van der Waals surface area contributed by atoms with Crippen molar-refractivity contribution in [3.05, 3.63) is 33.0 Å². The summed E-state index contributed by atoms with van der Waals surface area (Å²) in [5.74, 6) is 0.595. The van der Waals surface area contributed by atoms with E-state index < -0.39 is 0 Å². The SMILES string of the molecule is CCCn1c(-c2c[nH]c(C)cc2=O)n[nH]c1=S. The molecular weight excluding hydrogens is 236 g/mol. The highest BCUT2D eigenvalue weighted by Crippen LogP contribution is 2.12. The van der Waals surface area contributed by atoms with Gasteiger partial charge in [-0.25, -0.2) is 0 Å². The molecule has 0 radical (unpaired) electrons. The van der Waals surface area contributed by atoms with Crippen molar-refractivity contribution in [3.8, 4) is 11.4 Å². The molecule has 0 amide bonds. The Bertz CT molecular complexity index is 637. The number of nitrogens with zero attached hydrogens (tertiary/aromatic N) is 2. The normalized spacial score (nSPS) is 10.7.